The molecule has 0 unspecified atom stereocenters. The number of morpholine rings is 1. The topological polar surface area (TPSA) is 84.9 Å². The van der Waals surface area contributed by atoms with Crippen LogP contribution in [0.3, 0.4) is 0 Å². The predicted molar refractivity (Wildman–Crippen MR) is 105 cm³/mol. The lowest BCUT2D eigenvalue weighted by Gasteiger charge is -2.26. The minimum absolute atomic E-state index is 0.126. The van der Waals surface area contributed by atoms with Gasteiger partial charge in [0.05, 0.1) is 31.3 Å². The number of sulfonamides is 1. The standard InChI is InChI=1S/C20H23FN2O5S/c1-14(16-5-8-19(27-2)18(21)13-16)22-20(24)15-3-6-17(7-4-15)29(25,26)23-9-11-28-12-10-23/h3-8,13-14H,9-12H2,1-2H3,(H,22,24)/t14-/m1/s1. The molecule has 1 heterocycles. The van der Waals surface area contributed by atoms with Crippen molar-refractivity contribution in [3.8, 4) is 5.75 Å². The number of benzene rings is 2. The third-order valence-corrected chi connectivity index (χ3v) is 6.66. The monoisotopic (exact) mass is 422 g/mol. The number of hydrogen-bond acceptors (Lipinski definition) is 5. The van der Waals surface area contributed by atoms with E-state index in [0.29, 0.717) is 37.4 Å². The molecule has 7 nitrogen and oxygen atoms in total. The van der Waals surface area contributed by atoms with Crippen LogP contribution in [0.4, 0.5) is 4.39 Å². The highest BCUT2D eigenvalue weighted by Crippen LogP contribution is 2.22. The molecule has 9 heteroatoms. The van der Waals surface area contributed by atoms with Crippen LogP contribution in [0.2, 0.25) is 0 Å². The Morgan fingerprint density at radius 3 is 2.41 bits per heavy atom. The van der Waals surface area contributed by atoms with Gasteiger partial charge in [-0.05, 0) is 48.9 Å². The quantitative estimate of drug-likeness (QED) is 0.773. The smallest absolute Gasteiger partial charge is 0.251 e. The van der Waals surface area contributed by atoms with Crippen LogP contribution in [0.25, 0.3) is 0 Å². The largest absolute Gasteiger partial charge is 0.494 e. The first-order valence-electron chi connectivity index (χ1n) is 9.15. The molecule has 0 radical (unpaired) electrons. The number of carbonyl (C=O) groups is 1. The summed E-state index contributed by atoms with van der Waals surface area (Å²) in [5.74, 6) is -0.767. The van der Waals surface area contributed by atoms with E-state index in [1.54, 1.807) is 13.0 Å². The summed E-state index contributed by atoms with van der Waals surface area (Å²) in [6, 6.07) is 9.79. The fourth-order valence-electron chi connectivity index (χ4n) is 3.03. The average molecular weight is 422 g/mol. The second-order valence-corrected chi connectivity index (χ2v) is 8.57. The van der Waals surface area contributed by atoms with Crippen molar-refractivity contribution >= 4 is 15.9 Å². The predicted octanol–water partition coefficient (Wildman–Crippen LogP) is 2.35. The molecular formula is C20H23FN2O5S. The molecule has 1 atom stereocenters. The van der Waals surface area contributed by atoms with Crippen molar-refractivity contribution < 1.29 is 27.1 Å². The molecule has 156 valence electrons. The van der Waals surface area contributed by atoms with Crippen molar-refractivity contribution in [1.82, 2.24) is 9.62 Å². The third kappa shape index (κ3) is 4.75. The number of nitrogens with zero attached hydrogens (tertiary/aromatic N) is 1. The molecule has 29 heavy (non-hydrogen) atoms. The van der Waals surface area contributed by atoms with Gasteiger partial charge in [-0.3, -0.25) is 4.79 Å². The summed E-state index contributed by atoms with van der Waals surface area (Å²) in [7, 11) is -2.23. The van der Waals surface area contributed by atoms with Crippen LogP contribution in [0.15, 0.2) is 47.4 Å². The second-order valence-electron chi connectivity index (χ2n) is 6.63. The van der Waals surface area contributed by atoms with Crippen molar-refractivity contribution in [3.05, 3.63) is 59.4 Å². The Bertz CT molecular complexity index is 973. The van der Waals surface area contributed by atoms with Gasteiger partial charge in [0.1, 0.15) is 0 Å². The van der Waals surface area contributed by atoms with Crippen molar-refractivity contribution in [1.29, 1.82) is 0 Å². The van der Waals surface area contributed by atoms with Gasteiger partial charge in [0.2, 0.25) is 10.0 Å². The Morgan fingerprint density at radius 2 is 1.83 bits per heavy atom. The van der Waals surface area contributed by atoms with E-state index in [0.717, 1.165) is 0 Å². The first-order valence-corrected chi connectivity index (χ1v) is 10.6. The van der Waals surface area contributed by atoms with Gasteiger partial charge in [-0.15, -0.1) is 0 Å². The van der Waals surface area contributed by atoms with Gasteiger partial charge in [0.15, 0.2) is 11.6 Å². The second kappa shape index (κ2) is 8.89. The minimum Gasteiger partial charge on any atom is -0.494 e. The van der Waals surface area contributed by atoms with Crippen molar-refractivity contribution in [3.63, 3.8) is 0 Å². The number of nitrogens with one attached hydrogen (secondary N) is 1. The van der Waals surface area contributed by atoms with Gasteiger partial charge >= 0.3 is 0 Å². The molecule has 1 N–H and O–H groups in total. The van der Waals surface area contributed by atoms with Crippen molar-refractivity contribution in [2.45, 2.75) is 17.9 Å². The van der Waals surface area contributed by atoms with Crippen LogP contribution in [-0.4, -0.2) is 52.0 Å². The Morgan fingerprint density at radius 1 is 1.17 bits per heavy atom. The number of methoxy groups -OCH3 is 1. The molecule has 1 aliphatic rings. The summed E-state index contributed by atoms with van der Waals surface area (Å²) in [6.45, 7) is 3.07. The van der Waals surface area contributed by atoms with E-state index < -0.39 is 21.9 Å². The summed E-state index contributed by atoms with van der Waals surface area (Å²) >= 11 is 0. The molecule has 0 saturated carbocycles. The molecule has 1 fully saturated rings. The highest BCUT2D eigenvalue weighted by atomic mass is 32.2. The Hall–Kier alpha value is -2.49. The lowest BCUT2D eigenvalue weighted by atomic mass is 10.1. The van der Waals surface area contributed by atoms with Crippen molar-refractivity contribution in [2.75, 3.05) is 33.4 Å². The molecule has 0 spiro atoms. The number of carbonyl (C=O) groups excluding carboxylic acids is 1. The fraction of sp³-hybridized carbons (Fsp3) is 0.350. The molecular weight excluding hydrogens is 399 g/mol. The van der Waals surface area contributed by atoms with Gasteiger partial charge < -0.3 is 14.8 Å². The summed E-state index contributed by atoms with van der Waals surface area (Å²) in [5, 5.41) is 2.78. The first kappa shape index (κ1) is 21.2. The van der Waals surface area contributed by atoms with Crippen molar-refractivity contribution in [2.24, 2.45) is 0 Å². The van der Waals surface area contributed by atoms with Crippen LogP contribution in [0.5, 0.6) is 5.75 Å². The molecule has 3 rings (SSSR count). The van der Waals surface area contributed by atoms with E-state index in [1.165, 1.54) is 47.8 Å². The van der Waals surface area contributed by atoms with Crippen LogP contribution in [-0.2, 0) is 14.8 Å². The van der Waals surface area contributed by atoms with Gasteiger partial charge in [0.25, 0.3) is 5.91 Å². The normalized spacial score (nSPS) is 16.2. The molecule has 1 amide bonds. The van der Waals surface area contributed by atoms with E-state index in [9.17, 15) is 17.6 Å². The zero-order chi connectivity index (χ0) is 21.0. The lowest BCUT2D eigenvalue weighted by molar-refractivity contribution is 0.0730. The molecule has 0 aliphatic carbocycles. The lowest BCUT2D eigenvalue weighted by Crippen LogP contribution is -2.40. The van der Waals surface area contributed by atoms with Gasteiger partial charge in [-0.2, -0.15) is 4.31 Å². The molecule has 2 aromatic rings. The Kier molecular flexibility index (Phi) is 6.51. The van der Waals surface area contributed by atoms with E-state index in [4.69, 9.17) is 9.47 Å². The van der Waals surface area contributed by atoms with Gasteiger partial charge in [-0.25, -0.2) is 12.8 Å². The summed E-state index contributed by atoms with van der Waals surface area (Å²) in [6.07, 6.45) is 0. The number of rotatable bonds is 6. The van der Waals surface area contributed by atoms with Crippen LogP contribution in [0, 0.1) is 5.82 Å². The molecule has 2 aromatic carbocycles. The zero-order valence-electron chi connectivity index (χ0n) is 16.2. The third-order valence-electron chi connectivity index (χ3n) is 4.75. The maximum atomic E-state index is 13.9. The summed E-state index contributed by atoms with van der Waals surface area (Å²) < 4.78 is 50.6. The summed E-state index contributed by atoms with van der Waals surface area (Å²) in [5.41, 5.74) is 0.898. The average Bonchev–Trinajstić information content (AvgIpc) is 2.74. The zero-order valence-corrected chi connectivity index (χ0v) is 17.0. The van der Waals surface area contributed by atoms with Gasteiger partial charge in [0, 0.05) is 18.7 Å². The first-order chi connectivity index (χ1) is 13.8. The van der Waals surface area contributed by atoms with Gasteiger partial charge in [-0.1, -0.05) is 6.07 Å². The van der Waals surface area contributed by atoms with E-state index in [1.807, 2.05) is 0 Å². The number of halogens is 1. The summed E-state index contributed by atoms with van der Waals surface area (Å²) in [4.78, 5) is 12.6. The molecule has 0 bridgehead atoms. The molecule has 0 aromatic heterocycles. The van der Waals surface area contributed by atoms with E-state index in [2.05, 4.69) is 5.32 Å². The Labute approximate surface area is 169 Å². The minimum atomic E-state index is -3.61. The highest BCUT2D eigenvalue weighted by Gasteiger charge is 2.26. The maximum absolute atomic E-state index is 13.9. The SMILES string of the molecule is COc1ccc([C@@H](C)NC(=O)c2ccc(S(=O)(=O)N3CCOCC3)cc2)cc1F. The van der Waals surface area contributed by atoms with Crippen LogP contribution in [0.1, 0.15) is 28.9 Å². The molecule has 1 aliphatic heterocycles. The van der Waals surface area contributed by atoms with E-state index >= 15 is 0 Å². The highest BCUT2D eigenvalue weighted by molar-refractivity contribution is 7.89. The molecule has 1 saturated heterocycles. The number of ether oxygens (including phenoxy) is 2. The van der Waals surface area contributed by atoms with Crippen LogP contribution >= 0.6 is 0 Å². The van der Waals surface area contributed by atoms with Crippen LogP contribution < -0.4 is 10.1 Å². The number of hydrogen-bond donors (Lipinski definition) is 1. The van der Waals surface area contributed by atoms with E-state index in [-0.39, 0.29) is 16.6 Å². The maximum Gasteiger partial charge on any atom is 0.251 e. The number of amides is 1. The Balaban J connectivity index is 1.69. The fourth-order valence-corrected chi connectivity index (χ4v) is 4.44.